The van der Waals surface area contributed by atoms with E-state index in [-0.39, 0.29) is 5.56 Å². The molecular formula is C13H17N3O3. The van der Waals surface area contributed by atoms with Crippen LogP contribution in [0.3, 0.4) is 0 Å². The van der Waals surface area contributed by atoms with Crippen LogP contribution >= 0.6 is 0 Å². The van der Waals surface area contributed by atoms with Crippen LogP contribution in [0.2, 0.25) is 0 Å². The predicted octanol–water partition coefficient (Wildman–Crippen LogP) is 1.73. The maximum absolute atomic E-state index is 10.7. The van der Waals surface area contributed by atoms with Gasteiger partial charge >= 0.3 is 5.97 Å². The molecule has 0 unspecified atom stereocenters. The topological polar surface area (TPSA) is 91.2 Å². The molecule has 102 valence electrons. The van der Waals surface area contributed by atoms with Crippen LogP contribution in [-0.4, -0.2) is 27.8 Å². The Morgan fingerprint density at radius 2 is 2.42 bits per heavy atom. The first kappa shape index (κ1) is 13.4. The summed E-state index contributed by atoms with van der Waals surface area (Å²) in [6, 6.07) is 1.54. The van der Waals surface area contributed by atoms with Gasteiger partial charge in [0.2, 0.25) is 0 Å². The molecule has 3 N–H and O–H groups in total. The van der Waals surface area contributed by atoms with Crippen molar-refractivity contribution in [2.45, 2.75) is 26.3 Å². The summed E-state index contributed by atoms with van der Waals surface area (Å²) in [6.45, 7) is 3.39. The molecule has 19 heavy (non-hydrogen) atoms. The highest BCUT2D eigenvalue weighted by molar-refractivity contribution is 5.87. The van der Waals surface area contributed by atoms with Crippen LogP contribution < -0.4 is 5.32 Å². The van der Waals surface area contributed by atoms with Crippen molar-refractivity contribution in [1.82, 2.24) is 15.5 Å². The van der Waals surface area contributed by atoms with E-state index in [0.29, 0.717) is 12.3 Å². The Morgan fingerprint density at radius 3 is 3.05 bits per heavy atom. The summed E-state index contributed by atoms with van der Waals surface area (Å²) in [5.74, 6) is -0.331. The molecule has 0 bridgehead atoms. The third-order valence-corrected chi connectivity index (χ3v) is 2.93. The second-order valence-corrected chi connectivity index (χ2v) is 4.41. The number of carboxylic acid groups (broad SMARTS) is 1. The van der Waals surface area contributed by atoms with E-state index in [2.05, 4.69) is 15.5 Å². The average Bonchev–Trinajstić information content (AvgIpc) is 2.99. The molecule has 2 aromatic heterocycles. The van der Waals surface area contributed by atoms with Crippen molar-refractivity contribution < 1.29 is 14.3 Å². The molecule has 0 aliphatic rings. The summed E-state index contributed by atoms with van der Waals surface area (Å²) < 4.78 is 5.14. The van der Waals surface area contributed by atoms with E-state index >= 15 is 0 Å². The van der Waals surface area contributed by atoms with Crippen molar-refractivity contribution in [2.24, 2.45) is 0 Å². The van der Waals surface area contributed by atoms with Crippen molar-refractivity contribution in [2.75, 3.05) is 6.54 Å². The van der Waals surface area contributed by atoms with Gasteiger partial charge in [0.1, 0.15) is 12.0 Å². The third kappa shape index (κ3) is 3.69. The van der Waals surface area contributed by atoms with E-state index < -0.39 is 5.97 Å². The molecule has 2 rings (SSSR count). The summed E-state index contributed by atoms with van der Waals surface area (Å²) >= 11 is 0. The minimum Gasteiger partial charge on any atom is -0.478 e. The fourth-order valence-corrected chi connectivity index (χ4v) is 1.83. The quantitative estimate of drug-likeness (QED) is 0.662. The number of hydrogen-bond acceptors (Lipinski definition) is 4. The van der Waals surface area contributed by atoms with Gasteiger partial charge in [-0.2, -0.15) is 5.10 Å². The Hall–Kier alpha value is -2.08. The molecular weight excluding hydrogens is 246 g/mol. The summed E-state index contributed by atoms with van der Waals surface area (Å²) in [6.07, 6.45) is 5.07. The number of nitrogens with zero attached hydrogens (tertiary/aromatic N) is 1. The third-order valence-electron chi connectivity index (χ3n) is 2.93. The smallest absolute Gasteiger partial charge is 0.338 e. The molecule has 0 fully saturated rings. The molecule has 0 aliphatic heterocycles. The van der Waals surface area contributed by atoms with Crippen LogP contribution in [0.25, 0.3) is 0 Å². The number of aryl methyl sites for hydroxylation is 2. The lowest BCUT2D eigenvalue weighted by atomic mass is 10.1. The minimum absolute atomic E-state index is 0.186. The zero-order valence-electron chi connectivity index (χ0n) is 10.8. The van der Waals surface area contributed by atoms with Crippen LogP contribution in [-0.2, 0) is 13.0 Å². The van der Waals surface area contributed by atoms with Crippen LogP contribution in [0.5, 0.6) is 0 Å². The lowest BCUT2D eigenvalue weighted by Gasteiger charge is -2.02. The molecule has 0 spiro atoms. The van der Waals surface area contributed by atoms with Gasteiger partial charge in [0, 0.05) is 5.69 Å². The minimum atomic E-state index is -0.967. The number of carbonyl (C=O) groups is 1. The average molecular weight is 263 g/mol. The molecule has 2 heterocycles. The zero-order chi connectivity index (χ0) is 13.7. The normalized spacial score (nSPS) is 10.8. The standard InChI is InChI=1S/C13H17N3O3/c1-9-10(6-15-16-9)3-2-4-14-7-12-5-11(8-19-12)13(17)18/h5-6,8,14H,2-4,7H2,1H3,(H,15,16)(H,17,18). The van der Waals surface area contributed by atoms with Crippen molar-refractivity contribution in [3.8, 4) is 0 Å². The fourth-order valence-electron chi connectivity index (χ4n) is 1.83. The number of aromatic amines is 1. The Balaban J connectivity index is 1.66. The van der Waals surface area contributed by atoms with Gasteiger partial charge in [0.25, 0.3) is 0 Å². The van der Waals surface area contributed by atoms with Crippen LogP contribution in [0.15, 0.2) is 22.9 Å². The first-order valence-electron chi connectivity index (χ1n) is 6.17. The molecule has 0 saturated carbocycles. The van der Waals surface area contributed by atoms with Crippen molar-refractivity contribution in [3.05, 3.63) is 41.1 Å². The van der Waals surface area contributed by atoms with Crippen molar-refractivity contribution in [3.63, 3.8) is 0 Å². The fraction of sp³-hybridized carbons (Fsp3) is 0.385. The number of hydrogen-bond donors (Lipinski definition) is 3. The first-order chi connectivity index (χ1) is 9.16. The SMILES string of the molecule is Cc1[nH]ncc1CCCNCc1cc(C(=O)O)co1. The maximum Gasteiger partial charge on any atom is 0.338 e. The molecule has 6 nitrogen and oxygen atoms in total. The van der Waals surface area contributed by atoms with Gasteiger partial charge in [0.05, 0.1) is 18.3 Å². The number of nitrogens with one attached hydrogen (secondary N) is 2. The number of rotatable bonds is 7. The Kier molecular flexibility index (Phi) is 4.35. The molecule has 2 aromatic rings. The van der Waals surface area contributed by atoms with Crippen LogP contribution in [0.4, 0.5) is 0 Å². The monoisotopic (exact) mass is 263 g/mol. The van der Waals surface area contributed by atoms with Gasteiger partial charge in [-0.05, 0) is 37.9 Å². The van der Waals surface area contributed by atoms with Gasteiger partial charge in [-0.1, -0.05) is 0 Å². The van der Waals surface area contributed by atoms with Gasteiger partial charge < -0.3 is 14.8 Å². The van der Waals surface area contributed by atoms with Crippen LogP contribution in [0, 0.1) is 6.92 Å². The highest BCUT2D eigenvalue weighted by atomic mass is 16.4. The zero-order valence-corrected chi connectivity index (χ0v) is 10.8. The summed E-state index contributed by atoms with van der Waals surface area (Å²) in [4.78, 5) is 10.7. The summed E-state index contributed by atoms with van der Waals surface area (Å²) in [5.41, 5.74) is 2.52. The number of aromatic nitrogens is 2. The Bertz CT molecular complexity index is 545. The van der Waals surface area contributed by atoms with E-state index in [1.807, 2.05) is 13.1 Å². The van der Waals surface area contributed by atoms with Gasteiger partial charge in [-0.3, -0.25) is 5.10 Å². The van der Waals surface area contributed by atoms with Gasteiger partial charge in [0.15, 0.2) is 0 Å². The lowest BCUT2D eigenvalue weighted by molar-refractivity contribution is 0.0696. The number of furan rings is 1. The van der Waals surface area contributed by atoms with Crippen molar-refractivity contribution in [1.29, 1.82) is 0 Å². The molecule has 0 aromatic carbocycles. The first-order valence-corrected chi connectivity index (χ1v) is 6.17. The second-order valence-electron chi connectivity index (χ2n) is 4.41. The Labute approximate surface area is 110 Å². The second kappa shape index (κ2) is 6.19. The molecule has 0 saturated heterocycles. The number of carboxylic acids is 1. The highest BCUT2D eigenvalue weighted by Crippen LogP contribution is 2.08. The van der Waals surface area contributed by atoms with E-state index in [4.69, 9.17) is 9.52 Å². The maximum atomic E-state index is 10.7. The molecule has 6 heteroatoms. The highest BCUT2D eigenvalue weighted by Gasteiger charge is 2.07. The van der Waals surface area contributed by atoms with Gasteiger partial charge in [-0.15, -0.1) is 0 Å². The molecule has 0 aliphatic carbocycles. The summed E-state index contributed by atoms with van der Waals surface area (Å²) in [5, 5.41) is 18.8. The number of H-pyrrole nitrogens is 1. The van der Waals surface area contributed by atoms with E-state index in [9.17, 15) is 4.79 Å². The molecule has 0 atom stereocenters. The van der Waals surface area contributed by atoms with Crippen molar-refractivity contribution >= 4 is 5.97 Å². The number of aromatic carboxylic acids is 1. The predicted molar refractivity (Wildman–Crippen MR) is 69.0 cm³/mol. The van der Waals surface area contributed by atoms with E-state index in [0.717, 1.165) is 25.1 Å². The molecule has 0 radical (unpaired) electrons. The van der Waals surface area contributed by atoms with Gasteiger partial charge in [-0.25, -0.2) is 4.79 Å². The van der Waals surface area contributed by atoms with E-state index in [1.165, 1.54) is 17.9 Å². The van der Waals surface area contributed by atoms with Crippen LogP contribution in [0.1, 0.15) is 33.8 Å². The lowest BCUT2D eigenvalue weighted by Crippen LogP contribution is -2.15. The Morgan fingerprint density at radius 1 is 1.58 bits per heavy atom. The summed E-state index contributed by atoms with van der Waals surface area (Å²) in [7, 11) is 0. The van der Waals surface area contributed by atoms with E-state index in [1.54, 1.807) is 0 Å². The molecule has 0 amide bonds. The largest absolute Gasteiger partial charge is 0.478 e.